The van der Waals surface area contributed by atoms with Crippen LogP contribution in [0.15, 0.2) is 65.7 Å². The second-order valence-electron chi connectivity index (χ2n) is 8.24. The molecule has 0 N–H and O–H groups in total. The van der Waals surface area contributed by atoms with Crippen molar-refractivity contribution in [1.29, 1.82) is 0 Å². The van der Waals surface area contributed by atoms with Gasteiger partial charge in [0.1, 0.15) is 0 Å². The first-order valence-corrected chi connectivity index (χ1v) is 10.0. The number of likely N-dealkylation sites (N-methyl/N-ethyl adjacent to an activating group) is 1. The summed E-state index contributed by atoms with van der Waals surface area (Å²) in [6.45, 7) is 12.2. The predicted octanol–water partition coefficient (Wildman–Crippen LogP) is 6.92. The topological polar surface area (TPSA) is 15.6 Å². The minimum atomic E-state index is 0.0406. The molecule has 1 aliphatic heterocycles. The SMILES string of the molecule is CCN1c2cc(C)c(C=Nc3ccc4ccccc4c3)cc2C(C)=CC1(C)C. The molecular weight excluding hydrogens is 340 g/mol. The molecule has 3 aromatic carbocycles. The highest BCUT2D eigenvalue weighted by atomic mass is 15.2. The zero-order valence-corrected chi connectivity index (χ0v) is 17.5. The summed E-state index contributed by atoms with van der Waals surface area (Å²) in [6, 6.07) is 19.4. The van der Waals surface area contributed by atoms with E-state index in [0.717, 1.165) is 12.2 Å². The van der Waals surface area contributed by atoms with Gasteiger partial charge in [-0.2, -0.15) is 0 Å². The number of aliphatic imine (C=N–C) groups is 1. The summed E-state index contributed by atoms with van der Waals surface area (Å²) in [6.07, 6.45) is 4.38. The van der Waals surface area contributed by atoms with Crippen LogP contribution in [-0.4, -0.2) is 18.3 Å². The number of anilines is 1. The highest BCUT2D eigenvalue weighted by Crippen LogP contribution is 2.40. The lowest BCUT2D eigenvalue weighted by Crippen LogP contribution is -2.45. The molecule has 28 heavy (non-hydrogen) atoms. The van der Waals surface area contributed by atoms with Crippen LogP contribution in [0, 0.1) is 6.92 Å². The van der Waals surface area contributed by atoms with Gasteiger partial charge in [-0.05, 0) is 86.4 Å². The van der Waals surface area contributed by atoms with Crippen LogP contribution in [0.2, 0.25) is 0 Å². The summed E-state index contributed by atoms with van der Waals surface area (Å²) in [5.41, 5.74) is 7.44. The molecular formula is C26H28N2. The third kappa shape index (κ3) is 3.24. The molecule has 0 saturated heterocycles. The zero-order valence-electron chi connectivity index (χ0n) is 17.5. The van der Waals surface area contributed by atoms with Gasteiger partial charge in [0.25, 0.3) is 0 Å². The molecule has 0 radical (unpaired) electrons. The van der Waals surface area contributed by atoms with Gasteiger partial charge in [-0.1, -0.05) is 36.4 Å². The van der Waals surface area contributed by atoms with E-state index in [0.29, 0.717) is 0 Å². The number of aryl methyl sites for hydroxylation is 1. The number of fused-ring (bicyclic) bond motifs is 2. The fourth-order valence-corrected chi connectivity index (χ4v) is 4.36. The van der Waals surface area contributed by atoms with Crippen LogP contribution in [0.5, 0.6) is 0 Å². The Balaban J connectivity index is 1.73. The maximum absolute atomic E-state index is 4.77. The molecule has 4 rings (SSSR count). The van der Waals surface area contributed by atoms with Crippen LogP contribution in [0.3, 0.4) is 0 Å². The Labute approximate surface area is 168 Å². The molecule has 0 fully saturated rings. The molecule has 0 aliphatic carbocycles. The lowest BCUT2D eigenvalue weighted by Gasteiger charge is -2.43. The first-order valence-electron chi connectivity index (χ1n) is 10.0. The van der Waals surface area contributed by atoms with Crippen molar-refractivity contribution < 1.29 is 0 Å². The van der Waals surface area contributed by atoms with E-state index in [4.69, 9.17) is 4.99 Å². The number of hydrogen-bond donors (Lipinski definition) is 0. The molecule has 142 valence electrons. The molecule has 0 bridgehead atoms. The second kappa shape index (κ2) is 6.94. The average Bonchev–Trinajstić information content (AvgIpc) is 2.66. The number of allylic oxidation sites excluding steroid dienone is 1. The van der Waals surface area contributed by atoms with Crippen molar-refractivity contribution in [3.8, 4) is 0 Å². The molecule has 0 unspecified atom stereocenters. The molecule has 0 atom stereocenters. The lowest BCUT2D eigenvalue weighted by molar-refractivity contribution is 0.566. The largest absolute Gasteiger partial charge is 0.363 e. The Morgan fingerprint density at radius 3 is 2.46 bits per heavy atom. The monoisotopic (exact) mass is 368 g/mol. The summed E-state index contributed by atoms with van der Waals surface area (Å²) in [7, 11) is 0. The van der Waals surface area contributed by atoms with Crippen LogP contribution < -0.4 is 4.90 Å². The second-order valence-corrected chi connectivity index (χ2v) is 8.24. The number of hydrogen-bond acceptors (Lipinski definition) is 2. The molecule has 1 aliphatic rings. The summed E-state index contributed by atoms with van der Waals surface area (Å²) >= 11 is 0. The maximum Gasteiger partial charge on any atom is 0.0636 e. The zero-order chi connectivity index (χ0) is 19.9. The summed E-state index contributed by atoms with van der Waals surface area (Å²) in [4.78, 5) is 7.25. The number of rotatable bonds is 3. The van der Waals surface area contributed by atoms with E-state index in [9.17, 15) is 0 Å². The van der Waals surface area contributed by atoms with Crippen LogP contribution in [0.1, 0.15) is 44.4 Å². The van der Waals surface area contributed by atoms with Gasteiger partial charge >= 0.3 is 0 Å². The third-order valence-electron chi connectivity index (χ3n) is 5.77. The highest BCUT2D eigenvalue weighted by Gasteiger charge is 2.30. The smallest absolute Gasteiger partial charge is 0.0636 e. The summed E-state index contributed by atoms with van der Waals surface area (Å²) in [5, 5.41) is 2.47. The Morgan fingerprint density at radius 2 is 1.71 bits per heavy atom. The van der Waals surface area contributed by atoms with Gasteiger partial charge in [-0.15, -0.1) is 0 Å². The van der Waals surface area contributed by atoms with Crippen molar-refractivity contribution >= 4 is 33.9 Å². The van der Waals surface area contributed by atoms with E-state index in [1.165, 1.54) is 38.7 Å². The van der Waals surface area contributed by atoms with E-state index < -0.39 is 0 Å². The lowest BCUT2D eigenvalue weighted by atomic mass is 9.87. The van der Waals surface area contributed by atoms with Crippen LogP contribution >= 0.6 is 0 Å². The van der Waals surface area contributed by atoms with Crippen LogP contribution in [0.4, 0.5) is 11.4 Å². The van der Waals surface area contributed by atoms with Crippen molar-refractivity contribution in [2.45, 2.75) is 40.2 Å². The Hall–Kier alpha value is -2.87. The van der Waals surface area contributed by atoms with Crippen LogP contribution in [0.25, 0.3) is 16.3 Å². The van der Waals surface area contributed by atoms with Gasteiger partial charge < -0.3 is 4.90 Å². The van der Waals surface area contributed by atoms with E-state index in [1.807, 2.05) is 6.21 Å². The summed E-state index contributed by atoms with van der Waals surface area (Å²) < 4.78 is 0. The molecule has 0 saturated carbocycles. The van der Waals surface area contributed by atoms with Gasteiger partial charge in [0.05, 0.1) is 11.2 Å². The molecule has 0 spiro atoms. The van der Waals surface area contributed by atoms with E-state index in [2.05, 4.69) is 100 Å². The number of nitrogens with zero attached hydrogens (tertiary/aromatic N) is 2. The first kappa shape index (κ1) is 18.5. The van der Waals surface area contributed by atoms with Gasteiger partial charge in [0, 0.05) is 24.0 Å². The van der Waals surface area contributed by atoms with Gasteiger partial charge in [-0.25, -0.2) is 0 Å². The van der Waals surface area contributed by atoms with Crippen molar-refractivity contribution in [3.63, 3.8) is 0 Å². The highest BCUT2D eigenvalue weighted by molar-refractivity contribution is 5.91. The minimum absolute atomic E-state index is 0.0406. The fraction of sp³-hybridized carbons (Fsp3) is 0.269. The van der Waals surface area contributed by atoms with E-state index in [1.54, 1.807) is 0 Å². The Bertz CT molecular complexity index is 1100. The average molecular weight is 369 g/mol. The Morgan fingerprint density at radius 1 is 0.964 bits per heavy atom. The Kier molecular flexibility index (Phi) is 4.58. The molecule has 2 heteroatoms. The van der Waals surface area contributed by atoms with Crippen LogP contribution in [-0.2, 0) is 0 Å². The predicted molar refractivity (Wildman–Crippen MR) is 123 cm³/mol. The quantitative estimate of drug-likeness (QED) is 0.458. The molecule has 1 heterocycles. The van der Waals surface area contributed by atoms with Crippen molar-refractivity contribution in [2.75, 3.05) is 11.4 Å². The van der Waals surface area contributed by atoms with Crippen molar-refractivity contribution in [1.82, 2.24) is 0 Å². The molecule has 3 aromatic rings. The standard InChI is InChI=1S/C26H28N2/c1-6-28-25-13-18(2)22(15-24(25)19(3)16-26(28,4)5)17-27-23-12-11-20-9-7-8-10-21(20)14-23/h7-17H,6H2,1-5H3. The third-order valence-corrected chi connectivity index (χ3v) is 5.77. The van der Waals surface area contributed by atoms with Crippen molar-refractivity contribution in [3.05, 3.63) is 77.4 Å². The van der Waals surface area contributed by atoms with Crippen molar-refractivity contribution in [2.24, 2.45) is 4.99 Å². The fourth-order valence-electron chi connectivity index (χ4n) is 4.36. The summed E-state index contributed by atoms with van der Waals surface area (Å²) in [5.74, 6) is 0. The van der Waals surface area contributed by atoms with Gasteiger partial charge in [-0.3, -0.25) is 4.99 Å². The minimum Gasteiger partial charge on any atom is -0.363 e. The molecule has 2 nitrogen and oxygen atoms in total. The normalized spacial score (nSPS) is 15.8. The van der Waals surface area contributed by atoms with E-state index in [-0.39, 0.29) is 5.54 Å². The van der Waals surface area contributed by atoms with Gasteiger partial charge in [0.2, 0.25) is 0 Å². The first-order chi connectivity index (χ1) is 13.4. The molecule has 0 aromatic heterocycles. The number of benzene rings is 3. The maximum atomic E-state index is 4.77. The van der Waals surface area contributed by atoms with Gasteiger partial charge in [0.15, 0.2) is 0 Å². The van der Waals surface area contributed by atoms with E-state index >= 15 is 0 Å². The molecule has 0 amide bonds.